The maximum Gasteiger partial charge on any atom is 0.243 e. The molecule has 1 heterocycles. The van der Waals surface area contributed by atoms with Crippen molar-refractivity contribution in [2.24, 2.45) is 0 Å². The lowest BCUT2D eigenvalue weighted by molar-refractivity contribution is 0.414. The summed E-state index contributed by atoms with van der Waals surface area (Å²) in [7, 11) is -2.42. The summed E-state index contributed by atoms with van der Waals surface area (Å²) < 4.78 is 56.3. The Balaban J connectivity index is 1.91. The van der Waals surface area contributed by atoms with E-state index in [1.165, 1.54) is 29.6 Å². The third-order valence-corrected chi connectivity index (χ3v) is 5.52. The van der Waals surface area contributed by atoms with Crippen LogP contribution in [0.1, 0.15) is 22.0 Å². The summed E-state index contributed by atoms with van der Waals surface area (Å²) in [6.45, 7) is 0.185. The van der Waals surface area contributed by atoms with Gasteiger partial charge >= 0.3 is 0 Å². The van der Waals surface area contributed by atoms with E-state index in [1.807, 2.05) is 0 Å². The molecule has 22 heavy (non-hydrogen) atoms. The molecule has 5 heteroatoms. The van der Waals surface area contributed by atoms with Crippen molar-refractivity contribution in [1.29, 1.82) is 0 Å². The van der Waals surface area contributed by atoms with Crippen LogP contribution < -0.4 is 4.74 Å². The van der Waals surface area contributed by atoms with E-state index in [-0.39, 0.29) is 29.9 Å². The maximum absolute atomic E-state index is 12.9. The van der Waals surface area contributed by atoms with Crippen LogP contribution in [0.5, 0.6) is 5.75 Å². The van der Waals surface area contributed by atoms with Crippen molar-refractivity contribution in [1.82, 2.24) is 4.31 Å². The number of methoxy groups -OCH3 is 1. The van der Waals surface area contributed by atoms with Gasteiger partial charge in [-0.15, -0.1) is 0 Å². The molecule has 0 N–H and O–H groups in total. The highest BCUT2D eigenvalue weighted by Gasteiger charge is 2.33. The highest BCUT2D eigenvalue weighted by atomic mass is 32.2. The fourth-order valence-corrected chi connectivity index (χ4v) is 3.86. The normalized spacial score (nSPS) is 24.5. The smallest absolute Gasteiger partial charge is 0.243 e. The van der Waals surface area contributed by atoms with Gasteiger partial charge in [0.05, 0.1) is 14.7 Å². The van der Waals surface area contributed by atoms with Gasteiger partial charge < -0.3 is 4.74 Å². The molecule has 4 nitrogen and oxygen atoms in total. The Labute approximate surface area is 135 Å². The molecule has 2 aromatic carbocycles. The first-order valence-electron chi connectivity index (χ1n) is 8.55. The van der Waals surface area contributed by atoms with Gasteiger partial charge in [-0.25, -0.2) is 8.42 Å². The third-order valence-electron chi connectivity index (χ3n) is 3.74. The van der Waals surface area contributed by atoms with E-state index in [0.717, 1.165) is 0 Å². The van der Waals surface area contributed by atoms with E-state index in [1.54, 1.807) is 24.3 Å². The second-order valence-corrected chi connectivity index (χ2v) is 6.98. The lowest BCUT2D eigenvalue weighted by Gasteiger charge is -2.17. The van der Waals surface area contributed by atoms with Crippen molar-refractivity contribution in [3.63, 3.8) is 0 Å². The maximum atomic E-state index is 12.9. The van der Waals surface area contributed by atoms with Crippen LogP contribution in [0.25, 0.3) is 0 Å². The van der Waals surface area contributed by atoms with Crippen molar-refractivity contribution in [3.05, 3.63) is 60.1 Å². The van der Waals surface area contributed by atoms with E-state index in [0.29, 0.717) is 17.4 Å². The van der Waals surface area contributed by atoms with Crippen LogP contribution in [0.15, 0.2) is 59.4 Å². The van der Waals surface area contributed by atoms with Gasteiger partial charge in [0.2, 0.25) is 10.0 Å². The van der Waals surface area contributed by atoms with E-state index in [2.05, 4.69) is 0 Å². The second kappa shape index (κ2) is 6.10. The fourth-order valence-electron chi connectivity index (χ4n) is 2.50. The van der Waals surface area contributed by atoms with Crippen molar-refractivity contribution in [2.45, 2.75) is 17.2 Å². The van der Waals surface area contributed by atoms with Crippen LogP contribution in [-0.4, -0.2) is 32.9 Å². The summed E-state index contributed by atoms with van der Waals surface area (Å²) in [5.41, 5.74) is 0.682. The first kappa shape index (κ1) is 11.7. The molecule has 1 aliphatic rings. The lowest BCUT2D eigenvalue weighted by Crippen LogP contribution is -2.28. The van der Waals surface area contributed by atoms with Crippen LogP contribution >= 0.6 is 0 Å². The molecule has 0 aromatic heterocycles. The van der Waals surface area contributed by atoms with Gasteiger partial charge in [-0.3, -0.25) is 0 Å². The van der Waals surface area contributed by atoms with E-state index in [9.17, 15) is 8.42 Å². The zero-order chi connectivity index (χ0) is 18.2. The summed E-state index contributed by atoms with van der Waals surface area (Å²) in [5, 5.41) is 0. The highest BCUT2D eigenvalue weighted by molar-refractivity contribution is 7.89. The van der Waals surface area contributed by atoms with Crippen LogP contribution in [0.4, 0.5) is 0 Å². The number of hydrogen-bond donors (Lipinski definition) is 0. The largest absolute Gasteiger partial charge is 0.497 e. The summed E-state index contributed by atoms with van der Waals surface area (Å²) in [4.78, 5) is -0.0969. The molecule has 1 aliphatic heterocycles. The highest BCUT2D eigenvalue weighted by Crippen LogP contribution is 2.31. The molecule has 2 atom stereocenters. The minimum Gasteiger partial charge on any atom is -0.497 e. The van der Waals surface area contributed by atoms with Gasteiger partial charge in [0.1, 0.15) is 5.75 Å². The Morgan fingerprint density at radius 1 is 1.23 bits per heavy atom. The molecule has 0 aliphatic carbocycles. The molecule has 116 valence electrons. The second-order valence-electron chi connectivity index (χ2n) is 5.07. The first-order valence-corrected chi connectivity index (χ1v) is 8.41. The number of benzene rings is 2. The first-order chi connectivity index (χ1) is 11.8. The molecule has 0 bridgehead atoms. The van der Waals surface area contributed by atoms with Gasteiger partial charge in [-0.2, -0.15) is 4.31 Å². The van der Waals surface area contributed by atoms with Crippen molar-refractivity contribution < 1.29 is 17.3 Å². The summed E-state index contributed by atoms with van der Waals surface area (Å²) in [5.74, 6) is 0.0701. The molecule has 2 unspecified atom stereocenters. The van der Waals surface area contributed by atoms with Crippen molar-refractivity contribution in [2.75, 3.05) is 20.2 Å². The average molecular weight is 320 g/mol. The number of hydrogen-bond acceptors (Lipinski definition) is 3. The topological polar surface area (TPSA) is 46.6 Å². The number of sulfonamides is 1. The molecule has 1 fully saturated rings. The van der Waals surface area contributed by atoms with Crippen LogP contribution in [0.2, 0.25) is 0 Å². The van der Waals surface area contributed by atoms with Crippen LogP contribution in [-0.2, 0) is 10.0 Å². The Bertz CT molecular complexity index is 888. The van der Waals surface area contributed by atoms with Crippen LogP contribution in [0, 0.1) is 0 Å². The van der Waals surface area contributed by atoms with Crippen molar-refractivity contribution in [3.8, 4) is 5.75 Å². The fraction of sp³-hybridized carbons (Fsp3) is 0.294. The molecule has 0 amide bonds. The lowest BCUT2D eigenvalue weighted by atomic mass is 9.99. The Morgan fingerprint density at radius 2 is 2.09 bits per heavy atom. The monoisotopic (exact) mass is 320 g/mol. The van der Waals surface area contributed by atoms with Gasteiger partial charge in [-0.05, 0) is 42.1 Å². The molecule has 2 aromatic rings. The molecular weight excluding hydrogens is 298 g/mol. The summed E-state index contributed by atoms with van der Waals surface area (Å²) in [6, 6.07) is 11.4. The molecular formula is C17H19NO3S. The van der Waals surface area contributed by atoms with Gasteiger partial charge in [0.25, 0.3) is 0 Å². The standard InChI is InChI=1S/C17H19NO3S/c1-21-16-7-9-17(10-8-16)22(19,20)18-12-11-15(13-18)14-5-3-2-4-6-14/h2-10,15H,11-13H2,1H3/i5D,9D,11D. The van der Waals surface area contributed by atoms with E-state index < -0.39 is 16.4 Å². The van der Waals surface area contributed by atoms with E-state index in [4.69, 9.17) is 8.85 Å². The summed E-state index contributed by atoms with van der Waals surface area (Å²) in [6.07, 6.45) is -0.645. The Morgan fingerprint density at radius 3 is 2.82 bits per heavy atom. The van der Waals surface area contributed by atoms with Crippen molar-refractivity contribution >= 4 is 10.0 Å². The molecule has 0 spiro atoms. The number of nitrogens with zero attached hydrogens (tertiary/aromatic N) is 1. The zero-order valence-electron chi connectivity index (χ0n) is 15.2. The minimum absolute atomic E-state index is 0.0484. The molecule has 0 saturated carbocycles. The predicted molar refractivity (Wildman–Crippen MR) is 85.6 cm³/mol. The average Bonchev–Trinajstić information content (AvgIpc) is 2.97. The molecule has 3 rings (SSSR count). The van der Waals surface area contributed by atoms with Crippen LogP contribution in [0.3, 0.4) is 0 Å². The molecule has 0 radical (unpaired) electrons. The minimum atomic E-state index is -3.87. The van der Waals surface area contributed by atoms with Gasteiger partial charge in [-0.1, -0.05) is 30.3 Å². The zero-order valence-corrected chi connectivity index (χ0v) is 13.0. The SMILES string of the molecule is [2H]c1ccccc1C1CN(S(=O)(=O)c2ccc(OC)cc2[2H])CC1[2H]. The number of ether oxygens (including phenoxy) is 1. The summed E-state index contributed by atoms with van der Waals surface area (Å²) >= 11 is 0. The van der Waals surface area contributed by atoms with Gasteiger partial charge in [0.15, 0.2) is 0 Å². The Hall–Kier alpha value is -1.85. The van der Waals surface area contributed by atoms with E-state index >= 15 is 0 Å². The number of rotatable bonds is 4. The van der Waals surface area contributed by atoms with Gasteiger partial charge in [0, 0.05) is 14.5 Å². The third kappa shape index (κ3) is 2.87. The Kier molecular flexibility index (Phi) is 3.24. The molecule has 1 saturated heterocycles. The predicted octanol–water partition coefficient (Wildman–Crippen LogP) is 2.87. The quantitative estimate of drug-likeness (QED) is 0.870.